The molecule has 2 rings (SSSR count). The van der Waals surface area contributed by atoms with Crippen LogP contribution in [0.1, 0.15) is 84.6 Å². The smallest absolute Gasteiger partial charge is 0.229 e. The minimum atomic E-state index is -0.667. The van der Waals surface area contributed by atoms with Gasteiger partial charge in [-0.3, -0.25) is 0 Å². The Kier molecular flexibility index (Phi) is 16.3. The van der Waals surface area contributed by atoms with Crippen LogP contribution in [0.25, 0.3) is 0 Å². The first kappa shape index (κ1) is 31.0. The van der Waals surface area contributed by atoms with Gasteiger partial charge in [0.1, 0.15) is 30.2 Å². The van der Waals surface area contributed by atoms with Crippen molar-refractivity contribution in [3.05, 3.63) is 29.8 Å². The molecule has 7 heteroatoms. The zero-order valence-electron chi connectivity index (χ0n) is 23.0. The second-order valence-corrected chi connectivity index (χ2v) is 9.46. The number of hydrogen-bond donors (Lipinski definition) is 1. The second kappa shape index (κ2) is 18.9. The maximum absolute atomic E-state index is 9.39. The molecule has 2 unspecified atom stereocenters. The van der Waals surface area contributed by atoms with Gasteiger partial charge in [0.2, 0.25) is 6.29 Å². The molecule has 1 fully saturated rings. The van der Waals surface area contributed by atoms with Gasteiger partial charge in [-0.15, -0.1) is 0 Å². The molecule has 208 valence electrons. The summed E-state index contributed by atoms with van der Waals surface area (Å²) in [4.78, 5) is 0. The van der Waals surface area contributed by atoms with Crippen molar-refractivity contribution in [3.63, 3.8) is 0 Å². The van der Waals surface area contributed by atoms with Gasteiger partial charge in [-0.25, -0.2) is 0 Å². The predicted octanol–water partition coefficient (Wildman–Crippen LogP) is 5.66. The highest BCUT2D eigenvalue weighted by atomic mass is 16.7. The molecular weight excluding hydrogens is 460 g/mol. The van der Waals surface area contributed by atoms with Crippen molar-refractivity contribution in [1.82, 2.24) is 0 Å². The minimum absolute atomic E-state index is 0.00967. The minimum Gasteiger partial charge on any atom is -0.462 e. The van der Waals surface area contributed by atoms with E-state index in [0.29, 0.717) is 38.8 Å². The monoisotopic (exact) mass is 510 g/mol. The summed E-state index contributed by atoms with van der Waals surface area (Å²) in [5.74, 6) is 0.657. The van der Waals surface area contributed by atoms with Gasteiger partial charge < -0.3 is 33.5 Å². The third-order valence-electron chi connectivity index (χ3n) is 6.30. The highest BCUT2D eigenvalue weighted by Gasteiger charge is 2.49. The summed E-state index contributed by atoms with van der Waals surface area (Å²) in [6.45, 7) is 11.6. The summed E-state index contributed by atoms with van der Waals surface area (Å²) < 4.78 is 38.1. The van der Waals surface area contributed by atoms with Crippen molar-refractivity contribution in [2.75, 3.05) is 33.0 Å². The number of hydrogen-bond acceptors (Lipinski definition) is 7. The van der Waals surface area contributed by atoms with Crippen LogP contribution in [0, 0.1) is 0 Å². The van der Waals surface area contributed by atoms with Gasteiger partial charge in [0, 0.05) is 26.4 Å². The van der Waals surface area contributed by atoms with E-state index in [4.69, 9.17) is 28.4 Å². The summed E-state index contributed by atoms with van der Waals surface area (Å²) in [7, 11) is 0. The fraction of sp³-hybridized carbons (Fsp3) is 0.793. The average Bonchev–Trinajstić information content (AvgIpc) is 2.90. The van der Waals surface area contributed by atoms with E-state index in [1.807, 2.05) is 24.3 Å². The van der Waals surface area contributed by atoms with E-state index >= 15 is 0 Å². The standard InChI is InChI=1S/C29H50O7/c1-5-9-17-31-22-25-26(32-18-10-6-2)27(33-19-11-7-3)28(34-20-12-8-4)29(36-25)35-24-15-13-23(21-30)14-16-24/h13-16,25-30H,5-12,17-22H2,1-4H3/t25?,26-,27?,28-,29+/m0/s1. The Balaban J connectivity index is 2.30. The van der Waals surface area contributed by atoms with E-state index in [1.54, 1.807) is 0 Å². The van der Waals surface area contributed by atoms with E-state index in [0.717, 1.165) is 56.9 Å². The topological polar surface area (TPSA) is 75.6 Å². The summed E-state index contributed by atoms with van der Waals surface area (Å²) >= 11 is 0. The fourth-order valence-corrected chi connectivity index (χ4v) is 4.02. The molecule has 0 amide bonds. The van der Waals surface area contributed by atoms with Gasteiger partial charge in [0.05, 0.1) is 13.2 Å². The van der Waals surface area contributed by atoms with Crippen LogP contribution in [-0.4, -0.2) is 68.8 Å². The van der Waals surface area contributed by atoms with Crippen LogP contribution in [0.5, 0.6) is 5.75 Å². The van der Waals surface area contributed by atoms with Crippen LogP contribution in [0.15, 0.2) is 24.3 Å². The molecule has 1 aromatic carbocycles. The zero-order valence-corrected chi connectivity index (χ0v) is 23.0. The Morgan fingerprint density at radius 1 is 0.694 bits per heavy atom. The molecule has 0 radical (unpaired) electrons. The molecule has 1 aliphatic heterocycles. The molecule has 1 heterocycles. The Morgan fingerprint density at radius 3 is 1.78 bits per heavy atom. The molecule has 7 nitrogen and oxygen atoms in total. The van der Waals surface area contributed by atoms with Gasteiger partial charge in [-0.1, -0.05) is 65.5 Å². The normalized spacial score (nSPS) is 24.2. The van der Waals surface area contributed by atoms with Gasteiger partial charge in [0.15, 0.2) is 0 Å². The molecular formula is C29H50O7. The number of ether oxygens (including phenoxy) is 6. The molecule has 1 saturated heterocycles. The van der Waals surface area contributed by atoms with E-state index in [2.05, 4.69) is 27.7 Å². The molecule has 0 bridgehead atoms. The molecule has 0 aromatic heterocycles. The summed E-state index contributed by atoms with van der Waals surface area (Å²) in [6, 6.07) is 7.40. The highest BCUT2D eigenvalue weighted by molar-refractivity contribution is 5.27. The zero-order chi connectivity index (χ0) is 26.0. The van der Waals surface area contributed by atoms with Crippen LogP contribution in [-0.2, 0) is 30.3 Å². The summed E-state index contributed by atoms with van der Waals surface area (Å²) in [5, 5.41) is 9.39. The number of aliphatic hydroxyl groups excluding tert-OH is 1. The Bertz CT molecular complexity index is 654. The van der Waals surface area contributed by atoms with Gasteiger partial charge >= 0.3 is 0 Å². The van der Waals surface area contributed by atoms with Crippen molar-refractivity contribution >= 4 is 0 Å². The molecule has 1 aromatic rings. The molecule has 0 aliphatic carbocycles. The molecule has 1 N–H and O–H groups in total. The number of benzene rings is 1. The van der Waals surface area contributed by atoms with Crippen LogP contribution < -0.4 is 4.74 Å². The van der Waals surface area contributed by atoms with Crippen molar-refractivity contribution < 1.29 is 33.5 Å². The Labute approximate surface area is 218 Å². The third kappa shape index (κ3) is 10.6. The maximum Gasteiger partial charge on any atom is 0.229 e. The van der Waals surface area contributed by atoms with Crippen LogP contribution >= 0.6 is 0 Å². The van der Waals surface area contributed by atoms with Crippen molar-refractivity contribution in [2.24, 2.45) is 0 Å². The molecule has 36 heavy (non-hydrogen) atoms. The summed E-state index contributed by atoms with van der Waals surface area (Å²) in [5.41, 5.74) is 0.829. The van der Waals surface area contributed by atoms with Gasteiger partial charge in [-0.05, 0) is 43.4 Å². The first-order valence-corrected chi connectivity index (χ1v) is 14.1. The Morgan fingerprint density at radius 2 is 1.22 bits per heavy atom. The van der Waals surface area contributed by atoms with E-state index in [1.165, 1.54) is 0 Å². The highest BCUT2D eigenvalue weighted by Crippen LogP contribution is 2.31. The first-order valence-electron chi connectivity index (χ1n) is 14.1. The lowest BCUT2D eigenvalue weighted by Crippen LogP contribution is -2.63. The van der Waals surface area contributed by atoms with Crippen molar-refractivity contribution in [3.8, 4) is 5.75 Å². The largest absolute Gasteiger partial charge is 0.462 e. The van der Waals surface area contributed by atoms with E-state index in [-0.39, 0.29) is 24.9 Å². The maximum atomic E-state index is 9.39. The van der Waals surface area contributed by atoms with Crippen LogP contribution in [0.2, 0.25) is 0 Å². The number of unbranched alkanes of at least 4 members (excludes halogenated alkanes) is 4. The van der Waals surface area contributed by atoms with Crippen LogP contribution in [0.4, 0.5) is 0 Å². The quantitative estimate of drug-likeness (QED) is 0.227. The van der Waals surface area contributed by atoms with Crippen molar-refractivity contribution in [1.29, 1.82) is 0 Å². The summed E-state index contributed by atoms with van der Waals surface area (Å²) in [6.07, 6.45) is 6.02. The van der Waals surface area contributed by atoms with E-state index in [9.17, 15) is 5.11 Å². The average molecular weight is 511 g/mol. The second-order valence-electron chi connectivity index (χ2n) is 9.46. The molecule has 0 saturated carbocycles. The molecule has 1 aliphatic rings. The van der Waals surface area contributed by atoms with Gasteiger partial charge in [0.25, 0.3) is 0 Å². The van der Waals surface area contributed by atoms with Crippen LogP contribution in [0.3, 0.4) is 0 Å². The lowest BCUT2D eigenvalue weighted by molar-refractivity contribution is -0.304. The lowest BCUT2D eigenvalue weighted by atomic mass is 9.98. The first-order chi connectivity index (χ1) is 17.7. The van der Waals surface area contributed by atoms with Gasteiger partial charge in [-0.2, -0.15) is 0 Å². The van der Waals surface area contributed by atoms with E-state index < -0.39 is 12.4 Å². The lowest BCUT2D eigenvalue weighted by Gasteiger charge is -2.45. The SMILES string of the molecule is CCCCOCC1O[C@@H](Oc2ccc(CO)cc2)[C@@H](OCCCC)C(OCCCC)[C@H]1OCCCC. The third-order valence-corrected chi connectivity index (χ3v) is 6.30. The predicted molar refractivity (Wildman–Crippen MR) is 141 cm³/mol. The Hall–Kier alpha value is -1.22. The fourth-order valence-electron chi connectivity index (χ4n) is 4.02. The number of aliphatic hydroxyl groups is 1. The van der Waals surface area contributed by atoms with Crippen molar-refractivity contribution in [2.45, 2.75) is 116 Å². The number of rotatable bonds is 20. The molecule has 0 spiro atoms. The molecule has 5 atom stereocenters.